The number of rotatable bonds is 4. The zero-order valence-corrected chi connectivity index (χ0v) is 11.9. The minimum absolute atomic E-state index is 0.334. The summed E-state index contributed by atoms with van der Waals surface area (Å²) in [5.41, 5.74) is 0. The minimum Gasteiger partial charge on any atom is -0.395 e. The van der Waals surface area contributed by atoms with E-state index in [0.717, 1.165) is 5.92 Å². The lowest BCUT2D eigenvalue weighted by atomic mass is 9.91. The van der Waals surface area contributed by atoms with Gasteiger partial charge < -0.3 is 10.4 Å². The van der Waals surface area contributed by atoms with Crippen LogP contribution in [0.3, 0.4) is 0 Å². The molecule has 2 fully saturated rings. The maximum absolute atomic E-state index is 9.71. The molecule has 1 atom stereocenters. The Morgan fingerprint density at radius 3 is 1.78 bits per heavy atom. The van der Waals surface area contributed by atoms with Gasteiger partial charge in [0.15, 0.2) is 0 Å². The lowest BCUT2D eigenvalue weighted by molar-refractivity contribution is 0.172. The molecule has 0 spiro atoms. The molecule has 18 heavy (non-hydrogen) atoms. The molecule has 2 nitrogen and oxygen atoms in total. The standard InChI is InChI=1S/C16H31NO/c18-13-16(14-9-5-1-2-6-10-14)17-15-11-7-3-4-8-12-15/h14-18H,1-13H2. The van der Waals surface area contributed by atoms with E-state index < -0.39 is 0 Å². The van der Waals surface area contributed by atoms with Gasteiger partial charge in [-0.05, 0) is 31.6 Å². The first kappa shape index (κ1) is 14.3. The number of nitrogens with one attached hydrogen (secondary N) is 1. The summed E-state index contributed by atoms with van der Waals surface area (Å²) in [6.45, 7) is 0.334. The van der Waals surface area contributed by atoms with Crippen LogP contribution in [0.5, 0.6) is 0 Å². The Balaban J connectivity index is 1.82. The van der Waals surface area contributed by atoms with Gasteiger partial charge in [-0.15, -0.1) is 0 Å². The van der Waals surface area contributed by atoms with E-state index in [-0.39, 0.29) is 0 Å². The van der Waals surface area contributed by atoms with Gasteiger partial charge in [0, 0.05) is 12.1 Å². The van der Waals surface area contributed by atoms with E-state index in [0.29, 0.717) is 18.7 Å². The second-order valence-corrected chi connectivity index (χ2v) is 6.40. The summed E-state index contributed by atoms with van der Waals surface area (Å²) in [7, 11) is 0. The van der Waals surface area contributed by atoms with Crippen molar-refractivity contribution < 1.29 is 5.11 Å². The van der Waals surface area contributed by atoms with Crippen molar-refractivity contribution in [3.8, 4) is 0 Å². The molecule has 106 valence electrons. The monoisotopic (exact) mass is 253 g/mol. The first-order chi connectivity index (χ1) is 8.90. The Labute approximate surface area is 113 Å². The van der Waals surface area contributed by atoms with Crippen molar-refractivity contribution in [2.24, 2.45) is 5.92 Å². The van der Waals surface area contributed by atoms with Gasteiger partial charge in [0.2, 0.25) is 0 Å². The third-order valence-corrected chi connectivity index (χ3v) is 4.97. The van der Waals surface area contributed by atoms with Crippen LogP contribution >= 0.6 is 0 Å². The van der Waals surface area contributed by atoms with E-state index in [9.17, 15) is 5.11 Å². The molecular weight excluding hydrogens is 222 g/mol. The molecular formula is C16H31NO. The lowest BCUT2D eigenvalue weighted by Crippen LogP contribution is -2.45. The molecule has 0 aromatic carbocycles. The maximum Gasteiger partial charge on any atom is 0.0587 e. The Morgan fingerprint density at radius 1 is 0.778 bits per heavy atom. The molecule has 0 heterocycles. The minimum atomic E-state index is 0.334. The largest absolute Gasteiger partial charge is 0.395 e. The van der Waals surface area contributed by atoms with Gasteiger partial charge in [0.05, 0.1) is 6.61 Å². The molecule has 2 aliphatic carbocycles. The van der Waals surface area contributed by atoms with Crippen LogP contribution in [-0.4, -0.2) is 23.8 Å². The highest BCUT2D eigenvalue weighted by atomic mass is 16.3. The Morgan fingerprint density at radius 2 is 1.28 bits per heavy atom. The van der Waals surface area contributed by atoms with Crippen molar-refractivity contribution in [3.05, 3.63) is 0 Å². The average molecular weight is 253 g/mol. The first-order valence-electron chi connectivity index (χ1n) is 8.27. The zero-order valence-electron chi connectivity index (χ0n) is 11.9. The molecule has 0 aromatic rings. The van der Waals surface area contributed by atoms with E-state index in [1.807, 2.05) is 0 Å². The Hall–Kier alpha value is -0.0800. The van der Waals surface area contributed by atoms with Crippen molar-refractivity contribution >= 4 is 0 Å². The van der Waals surface area contributed by atoms with Crippen LogP contribution in [0.25, 0.3) is 0 Å². The lowest BCUT2D eigenvalue weighted by Gasteiger charge is -2.30. The fourth-order valence-corrected chi connectivity index (χ4v) is 3.80. The van der Waals surface area contributed by atoms with E-state index in [4.69, 9.17) is 0 Å². The molecule has 2 saturated carbocycles. The SMILES string of the molecule is OCC(NC1CCCCCC1)C1CCCCCC1. The van der Waals surface area contributed by atoms with Crippen molar-refractivity contribution in [3.63, 3.8) is 0 Å². The van der Waals surface area contributed by atoms with Gasteiger partial charge in [0.1, 0.15) is 0 Å². The van der Waals surface area contributed by atoms with Crippen molar-refractivity contribution in [2.45, 2.75) is 89.1 Å². The van der Waals surface area contributed by atoms with Gasteiger partial charge in [-0.2, -0.15) is 0 Å². The van der Waals surface area contributed by atoms with Crippen LogP contribution in [0.2, 0.25) is 0 Å². The van der Waals surface area contributed by atoms with Gasteiger partial charge in [0.25, 0.3) is 0 Å². The highest BCUT2D eigenvalue weighted by Gasteiger charge is 2.24. The molecule has 2 rings (SSSR count). The van der Waals surface area contributed by atoms with Crippen molar-refractivity contribution in [1.29, 1.82) is 0 Å². The predicted molar refractivity (Wildman–Crippen MR) is 76.7 cm³/mol. The summed E-state index contributed by atoms with van der Waals surface area (Å²) in [4.78, 5) is 0. The quantitative estimate of drug-likeness (QED) is 0.750. The highest BCUT2D eigenvalue weighted by molar-refractivity contribution is 4.82. The molecule has 2 N–H and O–H groups in total. The van der Waals surface area contributed by atoms with Crippen LogP contribution in [-0.2, 0) is 0 Å². The fraction of sp³-hybridized carbons (Fsp3) is 1.00. The van der Waals surface area contributed by atoms with E-state index >= 15 is 0 Å². The van der Waals surface area contributed by atoms with Crippen molar-refractivity contribution in [2.75, 3.05) is 6.61 Å². The summed E-state index contributed by atoms with van der Waals surface area (Å²) < 4.78 is 0. The molecule has 0 saturated heterocycles. The summed E-state index contributed by atoms with van der Waals surface area (Å²) in [5, 5.41) is 13.5. The van der Waals surface area contributed by atoms with Gasteiger partial charge in [-0.3, -0.25) is 0 Å². The number of aliphatic hydroxyl groups is 1. The first-order valence-corrected chi connectivity index (χ1v) is 8.27. The molecule has 1 unspecified atom stereocenters. The van der Waals surface area contributed by atoms with Crippen LogP contribution in [0.4, 0.5) is 0 Å². The smallest absolute Gasteiger partial charge is 0.0587 e. The van der Waals surface area contributed by atoms with Crippen LogP contribution < -0.4 is 5.32 Å². The zero-order chi connectivity index (χ0) is 12.6. The number of hydrogen-bond donors (Lipinski definition) is 2. The average Bonchev–Trinajstić information content (AvgIpc) is 2.80. The number of aliphatic hydroxyl groups excluding tert-OH is 1. The molecule has 0 bridgehead atoms. The maximum atomic E-state index is 9.71. The van der Waals surface area contributed by atoms with Crippen molar-refractivity contribution in [1.82, 2.24) is 5.32 Å². The van der Waals surface area contributed by atoms with E-state index in [1.165, 1.54) is 77.0 Å². The Kier molecular flexibility index (Phi) is 6.50. The summed E-state index contributed by atoms with van der Waals surface area (Å²) in [6.07, 6.45) is 16.4. The molecule has 0 aromatic heterocycles. The predicted octanol–water partition coefficient (Wildman–Crippen LogP) is 3.63. The molecule has 2 aliphatic rings. The molecule has 0 radical (unpaired) electrons. The second kappa shape index (κ2) is 8.16. The van der Waals surface area contributed by atoms with E-state index in [1.54, 1.807) is 0 Å². The highest BCUT2D eigenvalue weighted by Crippen LogP contribution is 2.27. The topological polar surface area (TPSA) is 32.3 Å². The Bertz CT molecular complexity index is 203. The van der Waals surface area contributed by atoms with Crippen LogP contribution in [0, 0.1) is 5.92 Å². The summed E-state index contributed by atoms with van der Waals surface area (Å²) in [6, 6.07) is 1.04. The molecule has 0 amide bonds. The normalized spacial score (nSPS) is 26.5. The van der Waals surface area contributed by atoms with Crippen LogP contribution in [0.15, 0.2) is 0 Å². The summed E-state index contributed by atoms with van der Waals surface area (Å²) in [5.74, 6) is 0.723. The second-order valence-electron chi connectivity index (χ2n) is 6.40. The van der Waals surface area contributed by atoms with Crippen LogP contribution in [0.1, 0.15) is 77.0 Å². The third kappa shape index (κ3) is 4.55. The molecule has 0 aliphatic heterocycles. The van der Waals surface area contributed by atoms with Gasteiger partial charge >= 0.3 is 0 Å². The fourth-order valence-electron chi connectivity index (χ4n) is 3.80. The third-order valence-electron chi connectivity index (χ3n) is 4.97. The van der Waals surface area contributed by atoms with Gasteiger partial charge in [-0.1, -0.05) is 51.4 Å². The van der Waals surface area contributed by atoms with E-state index in [2.05, 4.69) is 5.32 Å². The summed E-state index contributed by atoms with van der Waals surface area (Å²) >= 11 is 0. The molecule has 2 heteroatoms. The van der Waals surface area contributed by atoms with Gasteiger partial charge in [-0.25, -0.2) is 0 Å². The number of hydrogen-bond acceptors (Lipinski definition) is 2.